The van der Waals surface area contributed by atoms with Crippen LogP contribution in [0.5, 0.6) is 0 Å². The van der Waals surface area contributed by atoms with Gasteiger partial charge in [-0.1, -0.05) is 6.92 Å². The average molecular weight is 242 g/mol. The summed E-state index contributed by atoms with van der Waals surface area (Å²) in [6.45, 7) is 4.08. The van der Waals surface area contributed by atoms with Gasteiger partial charge in [0, 0.05) is 17.7 Å². The van der Waals surface area contributed by atoms with Gasteiger partial charge in [-0.15, -0.1) is 0 Å². The van der Waals surface area contributed by atoms with Gasteiger partial charge < -0.3 is 4.98 Å². The van der Waals surface area contributed by atoms with Gasteiger partial charge in [0.25, 0.3) is 0 Å². The second-order valence-corrected chi connectivity index (χ2v) is 4.65. The predicted octanol–water partition coefficient (Wildman–Crippen LogP) is 2.85. The van der Waals surface area contributed by atoms with Crippen LogP contribution in [0.1, 0.15) is 35.0 Å². The number of aryl methyl sites for hydroxylation is 1. The maximum atomic E-state index is 11.7. The highest BCUT2D eigenvalue weighted by molar-refractivity contribution is 9.10. The fourth-order valence-electron chi connectivity index (χ4n) is 2.05. The molecule has 1 N–H and O–H groups in total. The van der Waals surface area contributed by atoms with E-state index in [0.717, 1.165) is 22.3 Å². The van der Waals surface area contributed by atoms with Crippen LogP contribution in [0.25, 0.3) is 0 Å². The van der Waals surface area contributed by atoms with Gasteiger partial charge in [0.1, 0.15) is 0 Å². The van der Waals surface area contributed by atoms with Crippen molar-refractivity contribution in [3.63, 3.8) is 0 Å². The van der Waals surface area contributed by atoms with E-state index in [-0.39, 0.29) is 5.78 Å². The highest BCUT2D eigenvalue weighted by atomic mass is 79.9. The molecule has 1 aliphatic carbocycles. The largest absolute Gasteiger partial charge is 0.353 e. The highest BCUT2D eigenvalue weighted by Crippen LogP contribution is 2.32. The number of hydrogen-bond acceptors (Lipinski definition) is 1. The van der Waals surface area contributed by atoms with Gasteiger partial charge >= 0.3 is 0 Å². The van der Waals surface area contributed by atoms with Crippen LogP contribution < -0.4 is 0 Å². The minimum absolute atomic E-state index is 0.285. The van der Waals surface area contributed by atoms with Crippen LogP contribution in [0.15, 0.2) is 4.60 Å². The predicted molar refractivity (Wildman–Crippen MR) is 55.0 cm³/mol. The Bertz CT molecular complexity index is 367. The Morgan fingerprint density at radius 1 is 1.46 bits per heavy atom. The molecule has 0 spiro atoms. The van der Waals surface area contributed by atoms with Crippen molar-refractivity contribution in [2.75, 3.05) is 0 Å². The molecule has 2 nitrogen and oxygen atoms in total. The number of aromatic nitrogens is 1. The summed E-state index contributed by atoms with van der Waals surface area (Å²) in [6, 6.07) is 0. The lowest BCUT2D eigenvalue weighted by molar-refractivity contribution is 0.0953. The van der Waals surface area contributed by atoms with Crippen LogP contribution in [0.4, 0.5) is 0 Å². The first-order valence-corrected chi connectivity index (χ1v) is 5.29. The summed E-state index contributed by atoms with van der Waals surface area (Å²) < 4.78 is 0.986. The van der Waals surface area contributed by atoms with E-state index >= 15 is 0 Å². The van der Waals surface area contributed by atoms with Crippen molar-refractivity contribution in [3.8, 4) is 0 Å². The number of rotatable bonds is 0. The standard InChI is InChI=1S/C10H12BrNO/c1-5-3-7-9(8(13)4-5)6(2)12-10(7)11/h5,12H,3-4H2,1-2H3/t5-/m1/s1. The Morgan fingerprint density at radius 3 is 2.85 bits per heavy atom. The summed E-state index contributed by atoms with van der Waals surface area (Å²) in [6.07, 6.45) is 1.70. The Kier molecular flexibility index (Phi) is 2.06. The number of aromatic amines is 1. The molecule has 70 valence electrons. The second kappa shape index (κ2) is 2.98. The highest BCUT2D eigenvalue weighted by Gasteiger charge is 2.27. The minimum atomic E-state index is 0.285. The number of H-pyrrole nitrogens is 1. The third kappa shape index (κ3) is 1.35. The molecule has 1 aromatic rings. The SMILES string of the molecule is Cc1[nH]c(Br)c2c1C(=O)C[C@H](C)C2. The Morgan fingerprint density at radius 2 is 2.15 bits per heavy atom. The summed E-state index contributed by atoms with van der Waals surface area (Å²) in [5, 5.41) is 0. The lowest BCUT2D eigenvalue weighted by Gasteiger charge is -2.17. The molecule has 13 heavy (non-hydrogen) atoms. The maximum Gasteiger partial charge on any atom is 0.165 e. The molecule has 1 heterocycles. The lowest BCUT2D eigenvalue weighted by atomic mass is 9.86. The van der Waals surface area contributed by atoms with Crippen molar-refractivity contribution in [2.45, 2.75) is 26.7 Å². The fourth-order valence-corrected chi connectivity index (χ4v) is 2.70. The van der Waals surface area contributed by atoms with E-state index < -0.39 is 0 Å². The zero-order chi connectivity index (χ0) is 9.59. The van der Waals surface area contributed by atoms with Crippen molar-refractivity contribution in [3.05, 3.63) is 21.4 Å². The van der Waals surface area contributed by atoms with Crippen molar-refractivity contribution >= 4 is 21.7 Å². The zero-order valence-corrected chi connectivity index (χ0v) is 9.36. The molecule has 0 saturated heterocycles. The van der Waals surface area contributed by atoms with E-state index in [2.05, 4.69) is 27.8 Å². The molecule has 3 heteroatoms. The summed E-state index contributed by atoms with van der Waals surface area (Å²) in [5.74, 6) is 0.764. The molecular weight excluding hydrogens is 230 g/mol. The summed E-state index contributed by atoms with van der Waals surface area (Å²) in [4.78, 5) is 14.9. The molecule has 0 aromatic carbocycles. The van der Waals surface area contributed by atoms with E-state index in [1.165, 1.54) is 5.56 Å². The molecule has 0 bridgehead atoms. The fraction of sp³-hybridized carbons (Fsp3) is 0.500. The van der Waals surface area contributed by atoms with Crippen LogP contribution >= 0.6 is 15.9 Å². The molecule has 0 aliphatic heterocycles. The van der Waals surface area contributed by atoms with Crippen molar-refractivity contribution in [1.82, 2.24) is 4.98 Å². The first kappa shape index (κ1) is 9.00. The lowest BCUT2D eigenvalue weighted by Crippen LogP contribution is -2.17. The van der Waals surface area contributed by atoms with E-state index in [0.29, 0.717) is 12.3 Å². The van der Waals surface area contributed by atoms with Gasteiger partial charge in [0.15, 0.2) is 5.78 Å². The Hall–Kier alpha value is -0.570. The van der Waals surface area contributed by atoms with Gasteiger partial charge in [-0.05, 0) is 40.8 Å². The molecule has 0 fully saturated rings. The van der Waals surface area contributed by atoms with Gasteiger partial charge in [-0.3, -0.25) is 4.79 Å². The molecule has 0 radical (unpaired) electrons. The average Bonchev–Trinajstić information content (AvgIpc) is 2.27. The maximum absolute atomic E-state index is 11.7. The van der Waals surface area contributed by atoms with Crippen LogP contribution in [-0.2, 0) is 6.42 Å². The van der Waals surface area contributed by atoms with Crippen LogP contribution in [0.3, 0.4) is 0 Å². The molecule has 2 rings (SSSR count). The molecule has 1 aromatic heterocycles. The number of hydrogen-bond donors (Lipinski definition) is 1. The normalized spacial score (nSPS) is 21.8. The first-order valence-electron chi connectivity index (χ1n) is 4.49. The van der Waals surface area contributed by atoms with Gasteiger partial charge in [0.2, 0.25) is 0 Å². The van der Waals surface area contributed by atoms with E-state index in [4.69, 9.17) is 0 Å². The third-order valence-electron chi connectivity index (χ3n) is 2.60. The molecular formula is C10H12BrNO. The topological polar surface area (TPSA) is 32.9 Å². The van der Waals surface area contributed by atoms with Crippen LogP contribution in [0, 0.1) is 12.8 Å². The van der Waals surface area contributed by atoms with Crippen LogP contribution in [-0.4, -0.2) is 10.8 Å². The van der Waals surface area contributed by atoms with Gasteiger partial charge in [0.05, 0.1) is 4.60 Å². The van der Waals surface area contributed by atoms with E-state index in [9.17, 15) is 4.79 Å². The molecule has 1 aliphatic rings. The number of carbonyl (C=O) groups excluding carboxylic acids is 1. The van der Waals surface area contributed by atoms with E-state index in [1.807, 2.05) is 6.92 Å². The zero-order valence-electron chi connectivity index (χ0n) is 7.78. The van der Waals surface area contributed by atoms with Crippen molar-refractivity contribution in [2.24, 2.45) is 5.92 Å². The summed E-state index contributed by atoms with van der Waals surface area (Å²) in [5.41, 5.74) is 3.09. The summed E-state index contributed by atoms with van der Waals surface area (Å²) in [7, 11) is 0. The quantitative estimate of drug-likeness (QED) is 0.745. The van der Waals surface area contributed by atoms with Crippen molar-refractivity contribution < 1.29 is 4.79 Å². The number of halogens is 1. The summed E-state index contributed by atoms with van der Waals surface area (Å²) >= 11 is 3.45. The van der Waals surface area contributed by atoms with E-state index in [1.54, 1.807) is 0 Å². The first-order chi connectivity index (χ1) is 6.09. The number of fused-ring (bicyclic) bond motifs is 1. The number of nitrogens with one attached hydrogen (secondary N) is 1. The van der Waals surface area contributed by atoms with Gasteiger partial charge in [-0.2, -0.15) is 0 Å². The molecule has 0 saturated carbocycles. The van der Waals surface area contributed by atoms with Crippen LogP contribution in [0.2, 0.25) is 0 Å². The molecule has 0 amide bonds. The smallest absolute Gasteiger partial charge is 0.165 e. The monoisotopic (exact) mass is 241 g/mol. The van der Waals surface area contributed by atoms with Gasteiger partial charge in [-0.25, -0.2) is 0 Å². The second-order valence-electron chi connectivity index (χ2n) is 3.85. The number of Topliss-reactive ketones (excluding diaryl/α,β-unsaturated/α-hetero) is 1. The van der Waals surface area contributed by atoms with Crippen molar-refractivity contribution in [1.29, 1.82) is 0 Å². The number of ketones is 1. The molecule has 1 atom stereocenters. The third-order valence-corrected chi connectivity index (χ3v) is 3.28. The Labute approximate surface area is 85.9 Å². The Balaban J connectivity index is 2.57. The molecule has 0 unspecified atom stereocenters. The minimum Gasteiger partial charge on any atom is -0.353 e. The number of carbonyl (C=O) groups is 1.